The maximum atomic E-state index is 12.0. The van der Waals surface area contributed by atoms with Crippen molar-refractivity contribution in [3.63, 3.8) is 0 Å². The lowest BCUT2D eigenvalue weighted by atomic mass is 9.87. The lowest BCUT2D eigenvalue weighted by Gasteiger charge is -2.16. The van der Waals surface area contributed by atoms with Crippen molar-refractivity contribution < 1.29 is 9.32 Å². The number of ketones is 1. The minimum Gasteiger partial charge on any atom is -0.339 e. The van der Waals surface area contributed by atoms with Crippen molar-refractivity contribution >= 4 is 5.78 Å². The average Bonchev–Trinajstić information content (AvgIpc) is 2.89. The Morgan fingerprint density at radius 2 is 1.79 bits per heavy atom. The second kappa shape index (κ2) is 4.78. The first-order valence-electron chi connectivity index (χ1n) is 9.01. The highest BCUT2D eigenvalue weighted by atomic mass is 16.5. The average molecular weight is 322 g/mol. The van der Waals surface area contributed by atoms with E-state index >= 15 is 0 Å². The summed E-state index contributed by atoms with van der Waals surface area (Å²) in [5.74, 6) is 2.73. The summed E-state index contributed by atoms with van der Waals surface area (Å²) in [4.78, 5) is 16.8. The number of hydrogen-bond donors (Lipinski definition) is 0. The third-order valence-electron chi connectivity index (χ3n) is 6.27. The van der Waals surface area contributed by atoms with Gasteiger partial charge in [-0.2, -0.15) is 4.98 Å². The Hall–Kier alpha value is -1.97. The summed E-state index contributed by atoms with van der Waals surface area (Å²) in [5.41, 5.74) is 3.79. The van der Waals surface area contributed by atoms with Gasteiger partial charge in [0.1, 0.15) is 5.78 Å². The molecule has 0 N–H and O–H groups in total. The molecule has 3 fully saturated rings. The molecule has 0 radical (unpaired) electrons. The monoisotopic (exact) mass is 322 g/mol. The Kier molecular flexibility index (Phi) is 2.86. The van der Waals surface area contributed by atoms with Gasteiger partial charge >= 0.3 is 0 Å². The molecule has 0 aliphatic heterocycles. The van der Waals surface area contributed by atoms with Crippen LogP contribution >= 0.6 is 0 Å². The van der Waals surface area contributed by atoms with Crippen LogP contribution in [0.4, 0.5) is 0 Å². The minimum absolute atomic E-state index is 0.0693. The third-order valence-corrected chi connectivity index (χ3v) is 6.27. The van der Waals surface area contributed by atoms with E-state index < -0.39 is 0 Å². The predicted octanol–water partition coefficient (Wildman–Crippen LogP) is 3.85. The maximum Gasteiger partial charge on any atom is 0.230 e. The smallest absolute Gasteiger partial charge is 0.230 e. The van der Waals surface area contributed by atoms with Crippen molar-refractivity contribution in [2.24, 2.45) is 11.8 Å². The van der Waals surface area contributed by atoms with E-state index in [1.807, 2.05) is 0 Å². The first-order chi connectivity index (χ1) is 11.5. The fourth-order valence-electron chi connectivity index (χ4n) is 4.97. The molecule has 3 atom stereocenters. The molecule has 1 aromatic carbocycles. The Bertz CT molecular complexity index is 814. The largest absolute Gasteiger partial charge is 0.339 e. The van der Waals surface area contributed by atoms with E-state index in [4.69, 9.17) is 9.51 Å². The van der Waals surface area contributed by atoms with Gasteiger partial charge in [0.2, 0.25) is 5.89 Å². The number of aromatic nitrogens is 2. The minimum atomic E-state index is -0.0693. The Labute approximate surface area is 141 Å². The van der Waals surface area contributed by atoms with Gasteiger partial charge in [0.05, 0.1) is 5.41 Å². The van der Waals surface area contributed by atoms with Crippen LogP contribution in [-0.4, -0.2) is 15.9 Å². The molecule has 1 heterocycles. The molecule has 4 heteroatoms. The normalized spacial score (nSPS) is 30.1. The number of rotatable bonds is 3. The van der Waals surface area contributed by atoms with Crippen molar-refractivity contribution in [3.05, 3.63) is 46.6 Å². The highest BCUT2D eigenvalue weighted by Crippen LogP contribution is 2.54. The first kappa shape index (κ1) is 14.4. The molecule has 24 heavy (non-hydrogen) atoms. The second-order valence-electron chi connectivity index (χ2n) is 8.14. The van der Waals surface area contributed by atoms with Crippen LogP contribution in [0.3, 0.4) is 0 Å². The third kappa shape index (κ3) is 2.01. The molecule has 2 bridgehead atoms. The van der Waals surface area contributed by atoms with E-state index in [1.165, 1.54) is 16.7 Å². The number of nitrogens with zero attached hydrogens (tertiary/aromatic N) is 2. The summed E-state index contributed by atoms with van der Waals surface area (Å²) in [7, 11) is 0. The predicted molar refractivity (Wildman–Crippen MR) is 88.8 cm³/mol. The van der Waals surface area contributed by atoms with Crippen LogP contribution in [-0.2, 0) is 10.2 Å². The highest BCUT2D eigenvalue weighted by molar-refractivity contribution is 5.85. The van der Waals surface area contributed by atoms with Gasteiger partial charge in [-0.05, 0) is 51.0 Å². The van der Waals surface area contributed by atoms with Gasteiger partial charge in [-0.15, -0.1) is 0 Å². The zero-order chi connectivity index (χ0) is 16.5. The van der Waals surface area contributed by atoms with Crippen molar-refractivity contribution in [1.82, 2.24) is 10.1 Å². The van der Waals surface area contributed by atoms with Crippen molar-refractivity contribution in [2.45, 2.75) is 57.3 Å². The summed E-state index contributed by atoms with van der Waals surface area (Å²) in [6.07, 6.45) is 4.96. The fourth-order valence-corrected chi connectivity index (χ4v) is 4.97. The van der Waals surface area contributed by atoms with Gasteiger partial charge in [-0.25, -0.2) is 0 Å². The SMILES string of the molecule is Cc1cc(C)cc(C2(c3noc(C4C[C@@H]5CC(=O)[C@H]4C5)n3)CC2)c1. The number of carbonyl (C=O) groups is 1. The van der Waals surface area contributed by atoms with Gasteiger partial charge in [0.25, 0.3) is 0 Å². The number of Topliss-reactive ketones (excluding diaryl/α,β-unsaturated/α-hetero) is 1. The van der Waals surface area contributed by atoms with Gasteiger partial charge in [0, 0.05) is 18.3 Å². The van der Waals surface area contributed by atoms with Crippen LogP contribution in [0.15, 0.2) is 22.7 Å². The van der Waals surface area contributed by atoms with Gasteiger partial charge in [-0.1, -0.05) is 34.5 Å². The quantitative estimate of drug-likeness (QED) is 0.861. The molecule has 0 spiro atoms. The number of aryl methyl sites for hydroxylation is 2. The number of hydrogen-bond acceptors (Lipinski definition) is 4. The summed E-state index contributed by atoms with van der Waals surface area (Å²) < 4.78 is 5.64. The van der Waals surface area contributed by atoms with E-state index in [0.717, 1.165) is 37.9 Å². The number of carbonyl (C=O) groups excluding carboxylic acids is 1. The van der Waals surface area contributed by atoms with E-state index in [2.05, 4.69) is 37.2 Å². The zero-order valence-corrected chi connectivity index (χ0v) is 14.2. The molecule has 1 aromatic heterocycles. The van der Waals surface area contributed by atoms with Crippen LogP contribution in [0.1, 0.15) is 66.4 Å². The maximum absolute atomic E-state index is 12.0. The molecule has 2 aromatic rings. The summed E-state index contributed by atoms with van der Waals surface area (Å²) in [6, 6.07) is 6.69. The Morgan fingerprint density at radius 3 is 2.42 bits per heavy atom. The number of fused-ring (bicyclic) bond motifs is 2. The molecule has 3 aliphatic rings. The molecule has 1 unspecified atom stereocenters. The fraction of sp³-hybridized carbons (Fsp3) is 0.550. The Morgan fingerprint density at radius 1 is 1.08 bits per heavy atom. The van der Waals surface area contributed by atoms with E-state index in [9.17, 15) is 4.79 Å². The topological polar surface area (TPSA) is 56.0 Å². The van der Waals surface area contributed by atoms with Gasteiger partial charge < -0.3 is 4.52 Å². The van der Waals surface area contributed by atoms with Crippen LogP contribution in [0, 0.1) is 25.7 Å². The molecule has 3 saturated carbocycles. The van der Waals surface area contributed by atoms with Crippen molar-refractivity contribution in [2.75, 3.05) is 0 Å². The van der Waals surface area contributed by atoms with Crippen LogP contribution in [0.25, 0.3) is 0 Å². The zero-order valence-electron chi connectivity index (χ0n) is 14.2. The van der Waals surface area contributed by atoms with Crippen molar-refractivity contribution in [3.8, 4) is 0 Å². The Balaban J connectivity index is 1.48. The molecule has 0 amide bonds. The van der Waals surface area contributed by atoms with E-state index in [1.54, 1.807) is 0 Å². The summed E-state index contributed by atoms with van der Waals surface area (Å²) in [5, 5.41) is 4.34. The lowest BCUT2D eigenvalue weighted by molar-refractivity contribution is -0.122. The molecule has 5 rings (SSSR count). The van der Waals surface area contributed by atoms with Crippen LogP contribution in [0.5, 0.6) is 0 Å². The van der Waals surface area contributed by atoms with Gasteiger partial charge in [-0.3, -0.25) is 4.79 Å². The van der Waals surface area contributed by atoms with Gasteiger partial charge in [0.15, 0.2) is 5.82 Å². The standard InChI is InChI=1S/C20H22N2O2/c1-11-5-12(2)7-14(6-11)20(3-4-20)19-21-18(24-22-19)16-9-13-8-15(16)17(23)10-13/h5-7,13,15-16H,3-4,8-10H2,1-2H3/t13-,15+,16?/m1/s1. The highest BCUT2D eigenvalue weighted by Gasteiger charge is 2.52. The van der Waals surface area contributed by atoms with Crippen LogP contribution in [0.2, 0.25) is 0 Å². The van der Waals surface area contributed by atoms with E-state index in [-0.39, 0.29) is 17.3 Å². The lowest BCUT2D eigenvalue weighted by Crippen LogP contribution is -2.19. The molecule has 124 valence electrons. The number of benzene rings is 1. The molecule has 0 saturated heterocycles. The molecular formula is C20H22N2O2. The molecule has 3 aliphatic carbocycles. The molecular weight excluding hydrogens is 300 g/mol. The summed E-state index contributed by atoms with van der Waals surface area (Å²) in [6.45, 7) is 4.27. The van der Waals surface area contributed by atoms with Crippen molar-refractivity contribution in [1.29, 1.82) is 0 Å². The molecule has 4 nitrogen and oxygen atoms in total. The van der Waals surface area contributed by atoms with E-state index in [0.29, 0.717) is 17.6 Å². The second-order valence-corrected chi connectivity index (χ2v) is 8.14. The van der Waals surface area contributed by atoms with Crippen LogP contribution < -0.4 is 0 Å². The summed E-state index contributed by atoms with van der Waals surface area (Å²) >= 11 is 0. The first-order valence-corrected chi connectivity index (χ1v) is 9.01.